The number of oxime groups is 1. The molecule has 0 aliphatic heterocycles. The molecule has 0 aliphatic rings. The molecule has 0 atom stereocenters. The van der Waals surface area contributed by atoms with Crippen LogP contribution in [0.25, 0.3) is 0 Å². The van der Waals surface area contributed by atoms with Gasteiger partial charge in [-0.05, 0) is 19.9 Å². The lowest BCUT2D eigenvalue weighted by molar-refractivity contribution is 0.0230. The van der Waals surface area contributed by atoms with Gasteiger partial charge in [-0.1, -0.05) is 17.3 Å². The Kier molecular flexibility index (Phi) is 5.26. The molecule has 0 radical (unpaired) electrons. The molecule has 5 nitrogen and oxygen atoms in total. The predicted octanol–water partition coefficient (Wildman–Crippen LogP) is 1.43. The summed E-state index contributed by atoms with van der Waals surface area (Å²) >= 11 is 0. The van der Waals surface area contributed by atoms with Crippen molar-refractivity contribution in [3.05, 3.63) is 35.1 Å². The third-order valence-corrected chi connectivity index (χ3v) is 2.88. The largest absolute Gasteiger partial charge is 0.409 e. The summed E-state index contributed by atoms with van der Waals surface area (Å²) in [5.74, 6) is -0.509. The van der Waals surface area contributed by atoms with Crippen LogP contribution in [0.15, 0.2) is 23.4 Å². The fourth-order valence-electron chi connectivity index (χ4n) is 1.48. The van der Waals surface area contributed by atoms with E-state index in [-0.39, 0.29) is 11.4 Å². The van der Waals surface area contributed by atoms with Gasteiger partial charge in [-0.25, -0.2) is 4.39 Å². The predicted molar refractivity (Wildman–Crippen MR) is 71.7 cm³/mol. The Morgan fingerprint density at radius 1 is 1.53 bits per heavy atom. The number of nitrogens with zero attached hydrogens (tertiary/aromatic N) is 1. The zero-order valence-corrected chi connectivity index (χ0v) is 11.4. The number of hydrogen-bond acceptors (Lipinski definition) is 4. The van der Waals surface area contributed by atoms with E-state index < -0.39 is 5.82 Å². The van der Waals surface area contributed by atoms with Crippen molar-refractivity contribution in [2.75, 3.05) is 13.7 Å². The average Bonchev–Trinajstić information content (AvgIpc) is 2.39. The number of ether oxygens (including phenoxy) is 1. The molecule has 0 heterocycles. The number of nitrogens with one attached hydrogen (secondary N) is 1. The highest BCUT2D eigenvalue weighted by atomic mass is 19.1. The number of methoxy groups -OCH3 is 1. The number of rotatable bonds is 6. The second kappa shape index (κ2) is 6.49. The first-order chi connectivity index (χ1) is 8.89. The van der Waals surface area contributed by atoms with E-state index in [1.807, 2.05) is 13.8 Å². The van der Waals surface area contributed by atoms with Crippen molar-refractivity contribution in [3.8, 4) is 0 Å². The van der Waals surface area contributed by atoms with Gasteiger partial charge in [-0.15, -0.1) is 0 Å². The molecule has 0 saturated carbocycles. The standard InChI is InChI=1S/C13H20FN3O2/c1-13(2,19-3)8-16-7-10-5-4-9(6-11(10)14)12(15)17-18/h4-6,16,18H,7-8H2,1-3H3,(H2,15,17). The normalized spacial score (nSPS) is 12.7. The van der Waals surface area contributed by atoms with E-state index in [9.17, 15) is 4.39 Å². The van der Waals surface area contributed by atoms with Crippen LogP contribution in [0.1, 0.15) is 25.0 Å². The zero-order valence-electron chi connectivity index (χ0n) is 11.4. The van der Waals surface area contributed by atoms with Gasteiger partial charge in [0.1, 0.15) is 5.82 Å². The van der Waals surface area contributed by atoms with Gasteiger partial charge in [0.15, 0.2) is 5.84 Å². The number of benzene rings is 1. The molecule has 0 fully saturated rings. The molecule has 19 heavy (non-hydrogen) atoms. The summed E-state index contributed by atoms with van der Waals surface area (Å²) in [6.45, 7) is 4.87. The van der Waals surface area contributed by atoms with Gasteiger partial charge in [-0.2, -0.15) is 0 Å². The Balaban J connectivity index is 2.66. The van der Waals surface area contributed by atoms with Crippen LogP contribution in [-0.2, 0) is 11.3 Å². The molecule has 1 aromatic rings. The maximum Gasteiger partial charge on any atom is 0.170 e. The molecule has 0 aliphatic carbocycles. The minimum atomic E-state index is -0.396. The molecule has 0 unspecified atom stereocenters. The lowest BCUT2D eigenvalue weighted by Gasteiger charge is -2.23. The lowest BCUT2D eigenvalue weighted by Crippen LogP contribution is -2.36. The van der Waals surface area contributed by atoms with Crippen molar-refractivity contribution in [3.63, 3.8) is 0 Å². The first-order valence-electron chi connectivity index (χ1n) is 5.92. The molecule has 1 aromatic carbocycles. The minimum absolute atomic E-state index is 0.112. The summed E-state index contributed by atoms with van der Waals surface area (Å²) in [6, 6.07) is 4.46. The lowest BCUT2D eigenvalue weighted by atomic mass is 10.1. The van der Waals surface area contributed by atoms with E-state index in [1.54, 1.807) is 19.2 Å². The number of hydrogen-bond donors (Lipinski definition) is 3. The second-order valence-corrected chi connectivity index (χ2v) is 4.86. The molecule has 0 amide bonds. The molecule has 6 heteroatoms. The van der Waals surface area contributed by atoms with Crippen molar-refractivity contribution in [2.24, 2.45) is 10.9 Å². The Hall–Kier alpha value is -1.66. The van der Waals surface area contributed by atoms with Crippen molar-refractivity contribution in [1.29, 1.82) is 0 Å². The van der Waals surface area contributed by atoms with Crippen LogP contribution in [0.4, 0.5) is 4.39 Å². The van der Waals surface area contributed by atoms with Crippen molar-refractivity contribution >= 4 is 5.84 Å². The van der Waals surface area contributed by atoms with Crippen molar-refractivity contribution in [1.82, 2.24) is 5.32 Å². The molecule has 0 saturated heterocycles. The summed E-state index contributed by atoms with van der Waals surface area (Å²) in [7, 11) is 1.63. The van der Waals surface area contributed by atoms with Crippen molar-refractivity contribution < 1.29 is 14.3 Å². The zero-order chi connectivity index (χ0) is 14.5. The van der Waals surface area contributed by atoms with E-state index in [0.29, 0.717) is 24.2 Å². The minimum Gasteiger partial charge on any atom is -0.409 e. The van der Waals surface area contributed by atoms with Crippen LogP contribution >= 0.6 is 0 Å². The van der Waals surface area contributed by atoms with Crippen LogP contribution in [-0.4, -0.2) is 30.3 Å². The van der Waals surface area contributed by atoms with E-state index in [1.165, 1.54) is 6.07 Å². The average molecular weight is 269 g/mol. The topological polar surface area (TPSA) is 79.9 Å². The SMILES string of the molecule is COC(C)(C)CNCc1ccc(/C(N)=N/O)cc1F. The van der Waals surface area contributed by atoms with Gasteiger partial charge >= 0.3 is 0 Å². The fourth-order valence-corrected chi connectivity index (χ4v) is 1.48. The molecule has 0 bridgehead atoms. The molecule has 106 valence electrons. The summed E-state index contributed by atoms with van der Waals surface area (Å²) in [6.07, 6.45) is 0. The van der Waals surface area contributed by atoms with Crippen molar-refractivity contribution in [2.45, 2.75) is 26.0 Å². The smallest absolute Gasteiger partial charge is 0.170 e. The number of nitrogens with two attached hydrogens (primary N) is 1. The highest BCUT2D eigenvalue weighted by Gasteiger charge is 2.15. The fraction of sp³-hybridized carbons (Fsp3) is 0.462. The quantitative estimate of drug-likeness (QED) is 0.316. The van der Waals surface area contributed by atoms with Gasteiger partial charge in [0, 0.05) is 31.3 Å². The monoisotopic (exact) mass is 269 g/mol. The van der Waals surface area contributed by atoms with Crippen LogP contribution < -0.4 is 11.1 Å². The van der Waals surface area contributed by atoms with Gasteiger partial charge in [0.25, 0.3) is 0 Å². The molecule has 0 spiro atoms. The van der Waals surface area contributed by atoms with E-state index >= 15 is 0 Å². The van der Waals surface area contributed by atoms with Crippen LogP contribution in [0.3, 0.4) is 0 Å². The second-order valence-electron chi connectivity index (χ2n) is 4.86. The summed E-state index contributed by atoms with van der Waals surface area (Å²) in [5, 5.41) is 14.5. The van der Waals surface area contributed by atoms with E-state index in [2.05, 4.69) is 10.5 Å². The maximum absolute atomic E-state index is 13.8. The Labute approximate surface area is 112 Å². The Bertz CT molecular complexity index is 461. The molecule has 0 aromatic heterocycles. The summed E-state index contributed by atoms with van der Waals surface area (Å²) in [4.78, 5) is 0. The Morgan fingerprint density at radius 3 is 2.74 bits per heavy atom. The highest BCUT2D eigenvalue weighted by Crippen LogP contribution is 2.11. The first kappa shape index (κ1) is 15.4. The molecular weight excluding hydrogens is 249 g/mol. The summed E-state index contributed by atoms with van der Waals surface area (Å²) in [5.41, 5.74) is 5.95. The molecule has 4 N–H and O–H groups in total. The summed E-state index contributed by atoms with van der Waals surface area (Å²) < 4.78 is 19.0. The highest BCUT2D eigenvalue weighted by molar-refractivity contribution is 5.97. The Morgan fingerprint density at radius 2 is 2.21 bits per heavy atom. The first-order valence-corrected chi connectivity index (χ1v) is 5.92. The maximum atomic E-state index is 13.8. The van der Waals surface area contributed by atoms with Crippen LogP contribution in [0, 0.1) is 5.82 Å². The van der Waals surface area contributed by atoms with Gasteiger partial charge in [-0.3, -0.25) is 0 Å². The van der Waals surface area contributed by atoms with Gasteiger partial charge < -0.3 is 21.0 Å². The molecule has 1 rings (SSSR count). The number of halogens is 1. The van der Waals surface area contributed by atoms with Crippen LogP contribution in [0.2, 0.25) is 0 Å². The van der Waals surface area contributed by atoms with Gasteiger partial charge in [0.05, 0.1) is 5.60 Å². The van der Waals surface area contributed by atoms with E-state index in [0.717, 1.165) is 0 Å². The van der Waals surface area contributed by atoms with Crippen LogP contribution in [0.5, 0.6) is 0 Å². The third-order valence-electron chi connectivity index (χ3n) is 2.88. The number of amidine groups is 1. The van der Waals surface area contributed by atoms with Gasteiger partial charge in [0.2, 0.25) is 0 Å². The third kappa shape index (κ3) is 4.50. The molecular formula is C13H20FN3O2. The van der Waals surface area contributed by atoms with E-state index in [4.69, 9.17) is 15.7 Å².